The van der Waals surface area contributed by atoms with E-state index in [1.807, 2.05) is 35.7 Å². The first-order valence-corrected chi connectivity index (χ1v) is 9.02. The van der Waals surface area contributed by atoms with Gasteiger partial charge < -0.3 is 10.6 Å². The number of nitrogens with two attached hydrogens (primary N) is 1. The molecule has 4 rings (SSSR count). The molecule has 3 aromatic rings. The molecule has 0 unspecified atom stereocenters. The van der Waals surface area contributed by atoms with Gasteiger partial charge in [-0.05, 0) is 17.0 Å². The maximum atomic E-state index is 12.6. The lowest BCUT2D eigenvalue weighted by Gasteiger charge is -2.17. The zero-order valence-electron chi connectivity index (χ0n) is 13.9. The summed E-state index contributed by atoms with van der Waals surface area (Å²) in [7, 11) is 0. The summed E-state index contributed by atoms with van der Waals surface area (Å²) >= 11 is 1.42. The number of halogens is 1. The Kier molecular flexibility index (Phi) is 5.41. The molecule has 0 radical (unpaired) electrons. The van der Waals surface area contributed by atoms with Gasteiger partial charge in [0.15, 0.2) is 0 Å². The summed E-state index contributed by atoms with van der Waals surface area (Å²) in [5.74, 6) is 0.0201. The number of aromatic nitrogens is 2. The molecule has 26 heavy (non-hydrogen) atoms. The smallest absolute Gasteiger partial charge is 0.262 e. The van der Waals surface area contributed by atoms with E-state index in [-0.39, 0.29) is 42.4 Å². The molecule has 136 valence electrons. The van der Waals surface area contributed by atoms with Crippen LogP contribution in [0, 0.1) is 0 Å². The van der Waals surface area contributed by atoms with Crippen molar-refractivity contribution < 1.29 is 4.79 Å². The predicted octanol–water partition coefficient (Wildman–Crippen LogP) is 1.83. The molecule has 1 aliphatic heterocycles. The van der Waals surface area contributed by atoms with E-state index in [2.05, 4.69) is 4.98 Å². The largest absolute Gasteiger partial charge is 0.339 e. The summed E-state index contributed by atoms with van der Waals surface area (Å²) < 4.78 is 1.37. The van der Waals surface area contributed by atoms with Gasteiger partial charge in [-0.25, -0.2) is 4.98 Å². The number of hydrogen-bond acceptors (Lipinski definition) is 5. The van der Waals surface area contributed by atoms with Gasteiger partial charge in [-0.2, -0.15) is 0 Å². The summed E-state index contributed by atoms with van der Waals surface area (Å²) in [6.07, 6.45) is 1.45. The number of carbonyl (C=O) groups excluding carboxylic acids is 1. The summed E-state index contributed by atoms with van der Waals surface area (Å²) in [6, 6.07) is 11.7. The topological polar surface area (TPSA) is 81.2 Å². The Morgan fingerprint density at radius 1 is 1.23 bits per heavy atom. The van der Waals surface area contributed by atoms with Crippen molar-refractivity contribution in [2.24, 2.45) is 5.73 Å². The molecule has 8 heteroatoms. The first-order chi connectivity index (χ1) is 12.1. The number of hydrogen-bond donors (Lipinski definition) is 1. The maximum Gasteiger partial charge on any atom is 0.262 e. The van der Waals surface area contributed by atoms with Crippen molar-refractivity contribution in [1.82, 2.24) is 14.5 Å². The van der Waals surface area contributed by atoms with Crippen LogP contribution in [0.4, 0.5) is 0 Å². The number of likely N-dealkylation sites (tertiary alicyclic amines) is 1. The van der Waals surface area contributed by atoms with Crippen molar-refractivity contribution in [3.05, 3.63) is 64.0 Å². The molecule has 0 saturated carbocycles. The number of rotatable bonds is 3. The van der Waals surface area contributed by atoms with Gasteiger partial charge in [0, 0.05) is 25.0 Å². The van der Waals surface area contributed by atoms with Crippen molar-refractivity contribution >= 4 is 39.9 Å². The lowest BCUT2D eigenvalue weighted by atomic mass is 9.95. The molecule has 1 aromatic carbocycles. The van der Waals surface area contributed by atoms with E-state index in [1.165, 1.54) is 22.2 Å². The molecule has 1 fully saturated rings. The monoisotopic (exact) mass is 390 g/mol. The molecule has 1 saturated heterocycles. The number of fused-ring (bicyclic) bond motifs is 1. The molecule has 1 amide bonds. The first-order valence-electron chi connectivity index (χ1n) is 8.14. The quantitative estimate of drug-likeness (QED) is 0.739. The molecule has 0 bridgehead atoms. The van der Waals surface area contributed by atoms with Gasteiger partial charge in [0.1, 0.15) is 11.4 Å². The van der Waals surface area contributed by atoms with Crippen molar-refractivity contribution in [1.29, 1.82) is 0 Å². The third-order valence-corrected chi connectivity index (χ3v) is 5.52. The molecule has 0 spiro atoms. The third kappa shape index (κ3) is 3.38. The summed E-state index contributed by atoms with van der Waals surface area (Å²) in [5, 5.41) is 2.38. The van der Waals surface area contributed by atoms with Crippen molar-refractivity contribution in [2.45, 2.75) is 18.5 Å². The van der Waals surface area contributed by atoms with Crippen LogP contribution in [-0.2, 0) is 11.3 Å². The fraction of sp³-hybridized carbons (Fsp3) is 0.278. The lowest BCUT2D eigenvalue weighted by Crippen LogP contribution is -2.36. The summed E-state index contributed by atoms with van der Waals surface area (Å²) in [5.41, 5.74) is 7.21. The van der Waals surface area contributed by atoms with E-state index < -0.39 is 0 Å². The van der Waals surface area contributed by atoms with E-state index in [0.717, 1.165) is 5.56 Å². The van der Waals surface area contributed by atoms with Gasteiger partial charge in [0.25, 0.3) is 5.56 Å². The molecule has 6 nitrogen and oxygen atoms in total. The van der Waals surface area contributed by atoms with Crippen LogP contribution in [-0.4, -0.2) is 39.5 Å². The van der Waals surface area contributed by atoms with Gasteiger partial charge >= 0.3 is 0 Å². The van der Waals surface area contributed by atoms with Crippen LogP contribution >= 0.6 is 23.7 Å². The minimum atomic E-state index is -0.178. The number of carbonyl (C=O) groups is 1. The van der Waals surface area contributed by atoms with Crippen molar-refractivity contribution in [2.75, 3.05) is 13.1 Å². The van der Waals surface area contributed by atoms with Crippen LogP contribution in [0.3, 0.4) is 0 Å². The molecule has 2 atom stereocenters. The van der Waals surface area contributed by atoms with Crippen LogP contribution < -0.4 is 11.3 Å². The molecule has 3 heterocycles. The molecule has 2 aromatic heterocycles. The minimum absolute atomic E-state index is 0. The third-order valence-electron chi connectivity index (χ3n) is 4.70. The Labute approximate surface area is 160 Å². The van der Waals surface area contributed by atoms with Crippen LogP contribution in [0.5, 0.6) is 0 Å². The van der Waals surface area contributed by atoms with E-state index in [4.69, 9.17) is 5.73 Å². The fourth-order valence-electron chi connectivity index (χ4n) is 3.34. The van der Waals surface area contributed by atoms with Crippen molar-refractivity contribution in [3.63, 3.8) is 0 Å². The number of thiophene rings is 1. The normalized spacial score (nSPS) is 19.5. The molecular formula is C18H19ClN4O2S. The standard InChI is InChI=1S/C18H18N4O2S.ClH/c19-15-9-21(8-14(15)12-4-2-1-3-5-12)16(23)10-22-11-20-17-13(18(22)24)6-7-25-17;/h1-7,11,14-15H,8-10,19H2;1H/t14-,15+;/m0./s1. The number of nitrogens with zero attached hydrogens (tertiary/aromatic N) is 3. The van der Waals surface area contributed by atoms with Gasteiger partial charge in [0.05, 0.1) is 11.7 Å². The highest BCUT2D eigenvalue weighted by atomic mass is 35.5. The zero-order valence-corrected chi connectivity index (χ0v) is 15.6. The Bertz CT molecular complexity index is 972. The Balaban J connectivity index is 0.00000196. The van der Waals surface area contributed by atoms with Crippen LogP contribution in [0.25, 0.3) is 10.2 Å². The van der Waals surface area contributed by atoms with Gasteiger partial charge in [-0.15, -0.1) is 23.7 Å². The average molecular weight is 391 g/mol. The highest BCUT2D eigenvalue weighted by Crippen LogP contribution is 2.26. The molecule has 2 N–H and O–H groups in total. The fourth-order valence-corrected chi connectivity index (χ4v) is 4.06. The average Bonchev–Trinajstić information content (AvgIpc) is 3.25. The maximum absolute atomic E-state index is 12.6. The first kappa shape index (κ1) is 18.6. The summed E-state index contributed by atoms with van der Waals surface area (Å²) in [6.45, 7) is 1.07. The second-order valence-corrected chi connectivity index (χ2v) is 7.19. The Morgan fingerprint density at radius 2 is 2.00 bits per heavy atom. The van der Waals surface area contributed by atoms with E-state index >= 15 is 0 Å². The highest BCUT2D eigenvalue weighted by Gasteiger charge is 2.33. The SMILES string of the molecule is Cl.N[C@@H]1CN(C(=O)Cn2cnc3sccc3c2=O)C[C@H]1c1ccccc1. The minimum Gasteiger partial charge on any atom is -0.339 e. The zero-order chi connectivity index (χ0) is 17.4. The van der Waals surface area contributed by atoms with Gasteiger partial charge in [-0.3, -0.25) is 14.2 Å². The van der Waals surface area contributed by atoms with Gasteiger partial charge in [0.2, 0.25) is 5.91 Å². The highest BCUT2D eigenvalue weighted by molar-refractivity contribution is 7.16. The van der Waals surface area contributed by atoms with E-state index in [0.29, 0.717) is 23.3 Å². The Hall–Kier alpha value is -2.22. The summed E-state index contributed by atoms with van der Waals surface area (Å²) in [4.78, 5) is 31.8. The lowest BCUT2D eigenvalue weighted by molar-refractivity contribution is -0.130. The van der Waals surface area contributed by atoms with E-state index in [9.17, 15) is 9.59 Å². The second kappa shape index (κ2) is 7.57. The number of benzene rings is 1. The molecular weight excluding hydrogens is 372 g/mol. The number of amides is 1. The van der Waals surface area contributed by atoms with Crippen LogP contribution in [0.15, 0.2) is 52.9 Å². The Morgan fingerprint density at radius 3 is 2.77 bits per heavy atom. The molecule has 0 aliphatic carbocycles. The molecule has 1 aliphatic rings. The van der Waals surface area contributed by atoms with Gasteiger partial charge in [-0.1, -0.05) is 30.3 Å². The van der Waals surface area contributed by atoms with Crippen molar-refractivity contribution in [3.8, 4) is 0 Å². The second-order valence-electron chi connectivity index (χ2n) is 6.30. The predicted molar refractivity (Wildman–Crippen MR) is 105 cm³/mol. The van der Waals surface area contributed by atoms with Crippen LogP contribution in [0.1, 0.15) is 11.5 Å². The van der Waals surface area contributed by atoms with E-state index in [1.54, 1.807) is 11.0 Å². The van der Waals surface area contributed by atoms with Crippen LogP contribution in [0.2, 0.25) is 0 Å².